The van der Waals surface area contributed by atoms with Crippen LogP contribution in [-0.4, -0.2) is 54.1 Å². The predicted molar refractivity (Wildman–Crippen MR) is 94.2 cm³/mol. The number of hydrogen-bond acceptors (Lipinski definition) is 5. The smallest absolute Gasteiger partial charge is 0.151 e. The molecular formula is C18H22N2O3S. The summed E-state index contributed by atoms with van der Waals surface area (Å²) in [6.07, 6.45) is 4.18. The van der Waals surface area contributed by atoms with Crippen LogP contribution in [0.5, 0.6) is 0 Å². The molecule has 1 saturated heterocycles. The van der Waals surface area contributed by atoms with Gasteiger partial charge in [0.25, 0.3) is 0 Å². The van der Waals surface area contributed by atoms with Gasteiger partial charge in [-0.25, -0.2) is 8.42 Å². The monoisotopic (exact) mass is 346 g/mol. The Morgan fingerprint density at radius 3 is 2.62 bits per heavy atom. The Morgan fingerprint density at radius 2 is 1.96 bits per heavy atom. The highest BCUT2D eigenvalue weighted by Crippen LogP contribution is 2.23. The summed E-state index contributed by atoms with van der Waals surface area (Å²) < 4.78 is 23.5. The molecule has 0 spiro atoms. The number of hydrogen-bond donors (Lipinski definition) is 1. The lowest BCUT2D eigenvalue weighted by Crippen LogP contribution is -2.37. The molecule has 1 N–H and O–H groups in total. The van der Waals surface area contributed by atoms with Gasteiger partial charge in [-0.15, -0.1) is 0 Å². The van der Waals surface area contributed by atoms with Gasteiger partial charge in [0.15, 0.2) is 9.84 Å². The van der Waals surface area contributed by atoms with E-state index < -0.39 is 9.84 Å². The predicted octanol–water partition coefficient (Wildman–Crippen LogP) is 1.73. The lowest BCUT2D eigenvalue weighted by molar-refractivity contribution is 0.154. The number of benzene rings is 1. The summed E-state index contributed by atoms with van der Waals surface area (Å²) in [7, 11) is -2.93. The average Bonchev–Trinajstić information content (AvgIpc) is 2.95. The van der Waals surface area contributed by atoms with Gasteiger partial charge < -0.3 is 5.11 Å². The fraction of sp³-hybridized carbons (Fsp3) is 0.389. The van der Waals surface area contributed by atoms with Crippen molar-refractivity contribution in [2.24, 2.45) is 0 Å². The lowest BCUT2D eigenvalue weighted by atomic mass is 10.0. The fourth-order valence-electron chi connectivity index (χ4n) is 3.21. The van der Waals surface area contributed by atoms with Crippen molar-refractivity contribution in [2.45, 2.75) is 19.0 Å². The lowest BCUT2D eigenvalue weighted by Gasteiger charge is -2.27. The number of pyridine rings is 1. The standard InChI is InChI=1S/C18H22N2O3S/c21-10-9-20(18-6-11-24(22,23)14-18)13-15-2-1-3-17(12-15)16-4-7-19-8-5-16/h1-5,7-8,12,18,21H,6,9-11,13-14H2. The molecule has 0 radical (unpaired) electrons. The maximum absolute atomic E-state index is 11.7. The number of rotatable bonds is 6. The highest BCUT2D eigenvalue weighted by molar-refractivity contribution is 7.91. The van der Waals surface area contributed by atoms with Gasteiger partial charge in [0.2, 0.25) is 0 Å². The quantitative estimate of drug-likeness (QED) is 0.863. The van der Waals surface area contributed by atoms with Crippen LogP contribution in [0.15, 0.2) is 48.8 Å². The minimum absolute atomic E-state index is 0.00766. The molecule has 0 bridgehead atoms. The van der Waals surface area contributed by atoms with Crippen molar-refractivity contribution in [1.82, 2.24) is 9.88 Å². The molecular weight excluding hydrogens is 324 g/mol. The van der Waals surface area contributed by atoms with Crippen LogP contribution < -0.4 is 0 Å². The Labute approximate surface area is 142 Å². The molecule has 1 aromatic heterocycles. The first-order valence-electron chi connectivity index (χ1n) is 8.12. The zero-order valence-corrected chi connectivity index (χ0v) is 14.3. The minimum Gasteiger partial charge on any atom is -0.395 e. The average molecular weight is 346 g/mol. The topological polar surface area (TPSA) is 70.5 Å². The second-order valence-electron chi connectivity index (χ2n) is 6.19. The van der Waals surface area contributed by atoms with Gasteiger partial charge in [-0.05, 0) is 41.3 Å². The van der Waals surface area contributed by atoms with Gasteiger partial charge in [0.05, 0.1) is 18.1 Å². The fourth-order valence-corrected chi connectivity index (χ4v) is 4.97. The van der Waals surface area contributed by atoms with Crippen LogP contribution in [0.2, 0.25) is 0 Å². The first-order chi connectivity index (χ1) is 11.6. The van der Waals surface area contributed by atoms with Crippen molar-refractivity contribution >= 4 is 9.84 Å². The number of nitrogens with zero attached hydrogens (tertiary/aromatic N) is 2. The number of sulfone groups is 1. The first-order valence-corrected chi connectivity index (χ1v) is 9.94. The Kier molecular flexibility index (Phi) is 5.28. The van der Waals surface area contributed by atoms with Crippen LogP contribution in [0.1, 0.15) is 12.0 Å². The van der Waals surface area contributed by atoms with Gasteiger partial charge in [-0.3, -0.25) is 9.88 Å². The van der Waals surface area contributed by atoms with Crippen molar-refractivity contribution in [3.05, 3.63) is 54.4 Å². The summed E-state index contributed by atoms with van der Waals surface area (Å²) in [4.78, 5) is 6.12. The second kappa shape index (κ2) is 7.42. The number of aliphatic hydroxyl groups excluding tert-OH is 1. The van der Waals surface area contributed by atoms with Crippen molar-refractivity contribution in [3.8, 4) is 11.1 Å². The van der Waals surface area contributed by atoms with Crippen molar-refractivity contribution < 1.29 is 13.5 Å². The van der Waals surface area contributed by atoms with Crippen LogP contribution in [0.3, 0.4) is 0 Å². The Hall–Kier alpha value is -1.76. The van der Waals surface area contributed by atoms with E-state index in [-0.39, 0.29) is 24.2 Å². The third-order valence-electron chi connectivity index (χ3n) is 4.44. The molecule has 1 atom stereocenters. The summed E-state index contributed by atoms with van der Waals surface area (Å²) >= 11 is 0. The molecule has 2 heterocycles. The number of aliphatic hydroxyl groups is 1. The first kappa shape index (κ1) is 17.1. The van der Waals surface area contributed by atoms with Crippen LogP contribution in [0.25, 0.3) is 11.1 Å². The van der Waals surface area contributed by atoms with E-state index >= 15 is 0 Å². The summed E-state index contributed by atoms with van der Waals surface area (Å²) in [5.74, 6) is 0.438. The van der Waals surface area contributed by atoms with E-state index in [9.17, 15) is 13.5 Å². The van der Waals surface area contributed by atoms with E-state index in [4.69, 9.17) is 0 Å². The van der Waals surface area contributed by atoms with Gasteiger partial charge in [0, 0.05) is 31.5 Å². The maximum Gasteiger partial charge on any atom is 0.151 e. The zero-order valence-electron chi connectivity index (χ0n) is 13.5. The molecule has 1 aliphatic rings. The van der Waals surface area contributed by atoms with E-state index in [1.165, 1.54) is 0 Å². The molecule has 2 aromatic rings. The van der Waals surface area contributed by atoms with E-state index in [2.05, 4.69) is 22.0 Å². The zero-order chi connectivity index (χ0) is 17.0. The Morgan fingerprint density at radius 1 is 1.17 bits per heavy atom. The van der Waals surface area contributed by atoms with Crippen LogP contribution in [0, 0.1) is 0 Å². The van der Waals surface area contributed by atoms with Gasteiger partial charge in [-0.2, -0.15) is 0 Å². The molecule has 0 amide bonds. The summed E-state index contributed by atoms with van der Waals surface area (Å²) in [6.45, 7) is 1.15. The molecule has 128 valence electrons. The molecule has 0 aliphatic carbocycles. The van der Waals surface area contributed by atoms with E-state index in [0.29, 0.717) is 19.5 Å². The third-order valence-corrected chi connectivity index (χ3v) is 6.19. The van der Waals surface area contributed by atoms with E-state index in [0.717, 1.165) is 16.7 Å². The second-order valence-corrected chi connectivity index (χ2v) is 8.42. The Bertz CT molecular complexity index is 778. The minimum atomic E-state index is -2.93. The van der Waals surface area contributed by atoms with Crippen molar-refractivity contribution in [1.29, 1.82) is 0 Å². The molecule has 1 aromatic carbocycles. The highest BCUT2D eigenvalue weighted by Gasteiger charge is 2.31. The normalized spacial score (nSPS) is 19.7. The third kappa shape index (κ3) is 4.20. The number of aromatic nitrogens is 1. The molecule has 24 heavy (non-hydrogen) atoms. The van der Waals surface area contributed by atoms with Crippen molar-refractivity contribution in [2.75, 3.05) is 24.7 Å². The van der Waals surface area contributed by atoms with Crippen LogP contribution >= 0.6 is 0 Å². The molecule has 1 aliphatic heterocycles. The molecule has 1 fully saturated rings. The van der Waals surface area contributed by atoms with E-state index in [1.807, 2.05) is 24.3 Å². The molecule has 5 nitrogen and oxygen atoms in total. The van der Waals surface area contributed by atoms with E-state index in [1.54, 1.807) is 12.4 Å². The molecule has 0 saturated carbocycles. The van der Waals surface area contributed by atoms with Gasteiger partial charge in [0.1, 0.15) is 0 Å². The SMILES string of the molecule is O=S1(=O)CCC(N(CCO)Cc2cccc(-c3ccncc3)c2)C1. The Balaban J connectivity index is 1.78. The van der Waals surface area contributed by atoms with Gasteiger partial charge >= 0.3 is 0 Å². The summed E-state index contributed by atoms with van der Waals surface area (Å²) in [5, 5.41) is 9.34. The molecule has 6 heteroatoms. The van der Waals surface area contributed by atoms with Crippen LogP contribution in [-0.2, 0) is 16.4 Å². The largest absolute Gasteiger partial charge is 0.395 e. The maximum atomic E-state index is 11.7. The van der Waals surface area contributed by atoms with Gasteiger partial charge in [-0.1, -0.05) is 18.2 Å². The highest BCUT2D eigenvalue weighted by atomic mass is 32.2. The summed E-state index contributed by atoms with van der Waals surface area (Å²) in [6, 6.07) is 12.1. The summed E-state index contributed by atoms with van der Waals surface area (Å²) in [5.41, 5.74) is 3.32. The van der Waals surface area contributed by atoms with Crippen molar-refractivity contribution in [3.63, 3.8) is 0 Å². The van der Waals surface area contributed by atoms with Crippen LogP contribution in [0.4, 0.5) is 0 Å². The molecule has 1 unspecified atom stereocenters. The molecule has 3 rings (SSSR count).